The number of thiazole rings is 1. The van der Waals surface area contributed by atoms with Crippen LogP contribution >= 0.6 is 11.3 Å². The molecule has 0 aromatic carbocycles. The van der Waals surface area contributed by atoms with Crippen molar-refractivity contribution in [2.75, 3.05) is 6.54 Å². The average molecular weight is 285 g/mol. The van der Waals surface area contributed by atoms with Crippen molar-refractivity contribution in [3.05, 3.63) is 16.1 Å². The first kappa shape index (κ1) is 15.1. The van der Waals surface area contributed by atoms with Crippen LogP contribution in [0.2, 0.25) is 0 Å². The van der Waals surface area contributed by atoms with Gasteiger partial charge in [-0.15, -0.1) is 11.3 Å². The van der Waals surface area contributed by atoms with Crippen molar-refractivity contribution >= 4 is 29.1 Å². The Hall–Kier alpha value is -1.96. The molecule has 0 radical (unpaired) electrons. The number of nitrogens with zero attached hydrogens (tertiary/aromatic N) is 1. The number of hydrogen-bond donors (Lipinski definition) is 3. The summed E-state index contributed by atoms with van der Waals surface area (Å²) in [4.78, 5) is 36.8. The van der Waals surface area contributed by atoms with E-state index in [9.17, 15) is 14.4 Å². The summed E-state index contributed by atoms with van der Waals surface area (Å²) in [5, 5.41) is 15.9. The van der Waals surface area contributed by atoms with Gasteiger partial charge < -0.3 is 15.7 Å². The number of carbonyl (C=O) groups is 3. The van der Waals surface area contributed by atoms with E-state index in [0.29, 0.717) is 5.01 Å². The van der Waals surface area contributed by atoms with Crippen LogP contribution in [0.1, 0.15) is 41.8 Å². The molecule has 0 bridgehead atoms. The van der Waals surface area contributed by atoms with Crippen LogP contribution in [0.5, 0.6) is 0 Å². The molecule has 1 unspecified atom stereocenters. The molecule has 8 heteroatoms. The number of nitrogens with one attached hydrogen (secondary N) is 2. The molecule has 2 amide bonds. The number of amides is 2. The molecule has 7 nitrogen and oxygen atoms in total. The van der Waals surface area contributed by atoms with E-state index in [2.05, 4.69) is 15.6 Å². The Morgan fingerprint density at radius 2 is 2.16 bits per heavy atom. The third kappa shape index (κ3) is 5.04. The Bertz CT molecular complexity index is 486. The van der Waals surface area contributed by atoms with Crippen LogP contribution in [0.25, 0.3) is 0 Å². The largest absolute Gasteiger partial charge is 0.476 e. The molecule has 19 heavy (non-hydrogen) atoms. The van der Waals surface area contributed by atoms with Gasteiger partial charge in [0.05, 0.1) is 6.04 Å². The highest BCUT2D eigenvalue weighted by Crippen LogP contribution is 2.17. The van der Waals surface area contributed by atoms with Crippen molar-refractivity contribution in [2.45, 2.75) is 26.3 Å². The van der Waals surface area contributed by atoms with Crippen molar-refractivity contribution in [2.24, 2.45) is 0 Å². The number of aromatic nitrogens is 1. The predicted octanol–water partition coefficient (Wildman–Crippen LogP) is 0.545. The Morgan fingerprint density at radius 3 is 2.68 bits per heavy atom. The summed E-state index contributed by atoms with van der Waals surface area (Å²) < 4.78 is 0. The number of carboxylic acids is 1. The van der Waals surface area contributed by atoms with Gasteiger partial charge in [-0.25, -0.2) is 9.78 Å². The normalized spacial score (nSPS) is 11.7. The van der Waals surface area contributed by atoms with Gasteiger partial charge in [0.2, 0.25) is 11.8 Å². The predicted molar refractivity (Wildman–Crippen MR) is 68.9 cm³/mol. The zero-order chi connectivity index (χ0) is 14.4. The molecular formula is C11H15N3O4S. The standard InChI is InChI=1S/C11H15N3O4S/c1-6(10-14-8(5-19-10)11(17)18)13-9(16)3-4-12-7(2)15/h5-6H,3-4H2,1-2H3,(H,12,15)(H,13,16)(H,17,18). The number of rotatable bonds is 6. The molecule has 104 valence electrons. The fourth-order valence-corrected chi connectivity index (χ4v) is 2.11. The summed E-state index contributed by atoms with van der Waals surface area (Å²) in [6, 6.07) is -0.358. The molecule has 1 rings (SSSR count). The molecule has 0 fully saturated rings. The molecular weight excluding hydrogens is 270 g/mol. The lowest BCUT2D eigenvalue weighted by atomic mass is 10.3. The maximum atomic E-state index is 11.5. The molecule has 1 atom stereocenters. The molecule has 1 aromatic heterocycles. The second kappa shape index (κ2) is 6.83. The minimum Gasteiger partial charge on any atom is -0.476 e. The lowest BCUT2D eigenvalue weighted by molar-refractivity contribution is -0.122. The van der Waals surface area contributed by atoms with Crippen molar-refractivity contribution in [3.8, 4) is 0 Å². The Balaban J connectivity index is 2.44. The van der Waals surface area contributed by atoms with E-state index >= 15 is 0 Å². The number of carboxylic acid groups (broad SMARTS) is 1. The Morgan fingerprint density at radius 1 is 1.47 bits per heavy atom. The monoisotopic (exact) mass is 285 g/mol. The van der Waals surface area contributed by atoms with Crippen LogP contribution in [0.3, 0.4) is 0 Å². The van der Waals surface area contributed by atoms with Gasteiger partial charge in [-0.3, -0.25) is 9.59 Å². The van der Waals surface area contributed by atoms with Gasteiger partial charge in [0, 0.05) is 25.3 Å². The van der Waals surface area contributed by atoms with Crippen molar-refractivity contribution in [1.29, 1.82) is 0 Å². The van der Waals surface area contributed by atoms with E-state index in [-0.39, 0.29) is 36.5 Å². The minimum atomic E-state index is -1.09. The van der Waals surface area contributed by atoms with Crippen LogP contribution in [-0.4, -0.2) is 34.4 Å². The SMILES string of the molecule is CC(=O)NCCC(=O)NC(C)c1nc(C(=O)O)cs1. The van der Waals surface area contributed by atoms with E-state index < -0.39 is 5.97 Å². The molecule has 3 N–H and O–H groups in total. The van der Waals surface area contributed by atoms with Crippen LogP contribution in [0.15, 0.2) is 5.38 Å². The highest BCUT2D eigenvalue weighted by Gasteiger charge is 2.15. The van der Waals surface area contributed by atoms with E-state index in [0.717, 1.165) is 0 Å². The van der Waals surface area contributed by atoms with Crippen LogP contribution < -0.4 is 10.6 Å². The third-order valence-electron chi connectivity index (χ3n) is 2.21. The van der Waals surface area contributed by atoms with Gasteiger partial charge in [0.1, 0.15) is 5.01 Å². The summed E-state index contributed by atoms with van der Waals surface area (Å²) >= 11 is 1.18. The molecule has 0 spiro atoms. The number of carbonyl (C=O) groups excluding carboxylic acids is 2. The summed E-state index contributed by atoms with van der Waals surface area (Å²) in [7, 11) is 0. The smallest absolute Gasteiger partial charge is 0.355 e. The fraction of sp³-hybridized carbons (Fsp3) is 0.455. The summed E-state index contributed by atoms with van der Waals surface area (Å²) in [5.41, 5.74) is -0.0284. The highest BCUT2D eigenvalue weighted by atomic mass is 32.1. The van der Waals surface area contributed by atoms with Crippen molar-refractivity contribution in [1.82, 2.24) is 15.6 Å². The molecule has 0 saturated carbocycles. The van der Waals surface area contributed by atoms with Gasteiger partial charge in [-0.05, 0) is 6.92 Å². The van der Waals surface area contributed by atoms with E-state index in [1.807, 2.05) is 0 Å². The van der Waals surface area contributed by atoms with Gasteiger partial charge in [-0.2, -0.15) is 0 Å². The topological polar surface area (TPSA) is 108 Å². The van der Waals surface area contributed by atoms with Gasteiger partial charge in [0.15, 0.2) is 5.69 Å². The number of aromatic carboxylic acids is 1. The van der Waals surface area contributed by atoms with E-state index in [1.54, 1.807) is 6.92 Å². The zero-order valence-corrected chi connectivity index (χ0v) is 11.4. The first-order chi connectivity index (χ1) is 8.90. The Labute approximate surface area is 114 Å². The lowest BCUT2D eigenvalue weighted by Crippen LogP contribution is -2.31. The van der Waals surface area contributed by atoms with E-state index in [4.69, 9.17) is 5.11 Å². The summed E-state index contributed by atoms with van der Waals surface area (Å²) in [5.74, 6) is -1.51. The first-order valence-corrected chi connectivity index (χ1v) is 6.50. The van der Waals surface area contributed by atoms with Gasteiger partial charge in [-0.1, -0.05) is 0 Å². The second-order valence-electron chi connectivity index (χ2n) is 3.90. The minimum absolute atomic E-state index is 0.0284. The van der Waals surface area contributed by atoms with E-state index in [1.165, 1.54) is 23.6 Å². The number of hydrogen-bond acceptors (Lipinski definition) is 5. The lowest BCUT2D eigenvalue weighted by Gasteiger charge is -2.11. The second-order valence-corrected chi connectivity index (χ2v) is 4.79. The summed E-state index contributed by atoms with van der Waals surface area (Å²) in [6.07, 6.45) is 0.168. The average Bonchev–Trinajstić information content (AvgIpc) is 2.77. The van der Waals surface area contributed by atoms with Gasteiger partial charge >= 0.3 is 5.97 Å². The molecule has 1 heterocycles. The molecule has 0 aliphatic rings. The maximum absolute atomic E-state index is 11.5. The van der Waals surface area contributed by atoms with Crippen LogP contribution in [-0.2, 0) is 9.59 Å². The molecule has 0 aliphatic heterocycles. The van der Waals surface area contributed by atoms with Crippen LogP contribution in [0, 0.1) is 0 Å². The maximum Gasteiger partial charge on any atom is 0.355 e. The zero-order valence-electron chi connectivity index (χ0n) is 10.6. The van der Waals surface area contributed by atoms with Crippen molar-refractivity contribution in [3.63, 3.8) is 0 Å². The van der Waals surface area contributed by atoms with Gasteiger partial charge in [0.25, 0.3) is 0 Å². The molecule has 0 aliphatic carbocycles. The summed E-state index contributed by atoms with van der Waals surface area (Å²) in [6.45, 7) is 3.37. The third-order valence-corrected chi connectivity index (χ3v) is 3.24. The first-order valence-electron chi connectivity index (χ1n) is 5.62. The Kier molecular flexibility index (Phi) is 5.43. The van der Waals surface area contributed by atoms with Crippen molar-refractivity contribution < 1.29 is 19.5 Å². The fourth-order valence-electron chi connectivity index (χ4n) is 1.31. The van der Waals surface area contributed by atoms with Crippen LogP contribution in [0.4, 0.5) is 0 Å². The molecule has 0 saturated heterocycles. The molecule has 1 aromatic rings. The highest BCUT2D eigenvalue weighted by molar-refractivity contribution is 7.09. The quantitative estimate of drug-likeness (QED) is 0.707.